The molecule has 1 aromatic carbocycles. The van der Waals surface area contributed by atoms with Gasteiger partial charge in [-0.1, -0.05) is 28.1 Å². The summed E-state index contributed by atoms with van der Waals surface area (Å²) in [5, 5.41) is 7.52. The second kappa shape index (κ2) is 5.95. The molecule has 1 N–H and O–H groups in total. The van der Waals surface area contributed by atoms with Crippen molar-refractivity contribution in [2.45, 2.75) is 31.7 Å². The average molecular weight is 424 g/mol. The molecule has 1 fully saturated rings. The molecule has 0 saturated carbocycles. The minimum atomic E-state index is -3.03. The van der Waals surface area contributed by atoms with Gasteiger partial charge in [-0.05, 0) is 31.0 Å². The number of benzene rings is 1. The van der Waals surface area contributed by atoms with E-state index >= 15 is 0 Å². The second-order valence-corrected chi connectivity index (χ2v) is 9.85. The number of nitrogens with one attached hydrogen (secondary N) is 1. The zero-order chi connectivity index (χ0) is 17.8. The van der Waals surface area contributed by atoms with Gasteiger partial charge in [0.1, 0.15) is 5.82 Å². The predicted octanol–water partition coefficient (Wildman–Crippen LogP) is 2.79. The minimum absolute atomic E-state index is 0.0699. The van der Waals surface area contributed by atoms with Gasteiger partial charge in [0.15, 0.2) is 9.84 Å². The number of fused-ring (bicyclic) bond motifs is 1. The van der Waals surface area contributed by atoms with Crippen molar-refractivity contribution in [1.29, 1.82) is 0 Å². The second-order valence-electron chi connectivity index (χ2n) is 6.71. The van der Waals surface area contributed by atoms with Crippen LogP contribution in [0.5, 0.6) is 0 Å². The van der Waals surface area contributed by atoms with Crippen LogP contribution in [0.25, 0.3) is 0 Å². The Bertz CT molecular complexity index is 968. The third-order valence-corrected chi connectivity index (χ3v) is 7.18. The smallest absolute Gasteiger partial charge is 0.226 e. The Kier molecular flexibility index (Phi) is 3.99. The quantitative estimate of drug-likeness (QED) is 0.804. The number of nitrogens with zero attached hydrogens (tertiary/aromatic N) is 2. The van der Waals surface area contributed by atoms with Crippen LogP contribution >= 0.6 is 15.9 Å². The van der Waals surface area contributed by atoms with E-state index in [9.17, 15) is 13.2 Å². The third kappa shape index (κ3) is 3.01. The number of anilines is 1. The first kappa shape index (κ1) is 16.8. The molecule has 0 unspecified atom stereocenters. The molecule has 25 heavy (non-hydrogen) atoms. The fourth-order valence-electron chi connectivity index (χ4n) is 3.81. The van der Waals surface area contributed by atoms with Crippen molar-refractivity contribution in [3.8, 4) is 0 Å². The molecule has 0 bridgehead atoms. The van der Waals surface area contributed by atoms with E-state index in [0.717, 1.165) is 21.3 Å². The lowest BCUT2D eigenvalue weighted by atomic mass is 9.86. The summed E-state index contributed by atoms with van der Waals surface area (Å²) in [6.07, 6.45) is 0.895. The molecule has 2 aromatic rings. The normalized spacial score (nSPS) is 24.8. The van der Waals surface area contributed by atoms with Gasteiger partial charge < -0.3 is 5.32 Å². The molecule has 2 aliphatic rings. The number of sulfone groups is 1. The molecular weight excluding hydrogens is 406 g/mol. The highest BCUT2D eigenvalue weighted by molar-refractivity contribution is 9.10. The zero-order valence-electron chi connectivity index (χ0n) is 13.7. The molecule has 0 spiro atoms. The van der Waals surface area contributed by atoms with Gasteiger partial charge in [-0.15, -0.1) is 0 Å². The topological polar surface area (TPSA) is 81.1 Å². The maximum Gasteiger partial charge on any atom is 0.226 e. The average Bonchev–Trinajstić information content (AvgIpc) is 3.06. The van der Waals surface area contributed by atoms with Crippen LogP contribution in [0.1, 0.15) is 41.6 Å². The van der Waals surface area contributed by atoms with Crippen molar-refractivity contribution in [2.24, 2.45) is 0 Å². The Balaban J connectivity index is 1.81. The van der Waals surface area contributed by atoms with E-state index in [1.54, 1.807) is 4.68 Å². The lowest BCUT2D eigenvalue weighted by Gasteiger charge is -2.25. The van der Waals surface area contributed by atoms with Gasteiger partial charge in [0, 0.05) is 22.4 Å². The molecule has 2 atom stereocenters. The van der Waals surface area contributed by atoms with E-state index in [2.05, 4.69) is 26.3 Å². The van der Waals surface area contributed by atoms with E-state index in [4.69, 9.17) is 0 Å². The van der Waals surface area contributed by atoms with Crippen molar-refractivity contribution >= 4 is 37.5 Å². The van der Waals surface area contributed by atoms with Crippen molar-refractivity contribution in [3.63, 3.8) is 0 Å². The van der Waals surface area contributed by atoms with Crippen molar-refractivity contribution < 1.29 is 13.2 Å². The number of rotatable bonds is 2. The molecule has 0 aliphatic carbocycles. The summed E-state index contributed by atoms with van der Waals surface area (Å²) in [5.74, 6) is 0.764. The summed E-state index contributed by atoms with van der Waals surface area (Å²) < 4.78 is 26.4. The fourth-order valence-corrected chi connectivity index (χ4v) is 5.92. The van der Waals surface area contributed by atoms with Crippen LogP contribution in [0.4, 0.5) is 5.82 Å². The molecule has 0 radical (unpaired) electrons. The predicted molar refractivity (Wildman–Crippen MR) is 98.5 cm³/mol. The molecule has 8 heteroatoms. The Morgan fingerprint density at radius 3 is 2.84 bits per heavy atom. The standard InChI is InChI=1S/C17H18BrN3O3S/c1-10-16-14(11-3-2-4-12(18)7-11)8-15(22)19-17(16)21(20-10)13-5-6-25(23,24)9-13/h2-4,7,13-14H,5-6,8-9H2,1H3,(H,19,22)/t13-,14+/m1/s1. The van der Waals surface area contributed by atoms with Crippen LogP contribution in [0.3, 0.4) is 0 Å². The highest BCUT2D eigenvalue weighted by atomic mass is 79.9. The van der Waals surface area contributed by atoms with Gasteiger partial charge >= 0.3 is 0 Å². The van der Waals surface area contributed by atoms with Crippen LogP contribution in [0, 0.1) is 6.92 Å². The van der Waals surface area contributed by atoms with Crippen molar-refractivity contribution in [1.82, 2.24) is 9.78 Å². The van der Waals surface area contributed by atoms with Gasteiger partial charge in [0.2, 0.25) is 5.91 Å². The lowest BCUT2D eigenvalue weighted by molar-refractivity contribution is -0.116. The van der Waals surface area contributed by atoms with Crippen LogP contribution in [0.15, 0.2) is 28.7 Å². The molecule has 1 aromatic heterocycles. The summed E-state index contributed by atoms with van der Waals surface area (Å²) in [6.45, 7) is 1.92. The number of hydrogen-bond acceptors (Lipinski definition) is 4. The molecule has 3 heterocycles. The van der Waals surface area contributed by atoms with Gasteiger partial charge in [0.05, 0.1) is 23.2 Å². The molecule has 1 saturated heterocycles. The summed E-state index contributed by atoms with van der Waals surface area (Å²) >= 11 is 3.49. The van der Waals surface area contributed by atoms with Gasteiger partial charge in [0.25, 0.3) is 0 Å². The van der Waals surface area contributed by atoms with Gasteiger partial charge in [-0.3, -0.25) is 4.79 Å². The molecule has 2 aliphatic heterocycles. The maximum atomic E-state index is 12.3. The third-order valence-electron chi connectivity index (χ3n) is 4.93. The number of amides is 1. The molecule has 6 nitrogen and oxygen atoms in total. The Morgan fingerprint density at radius 2 is 2.16 bits per heavy atom. The first-order valence-electron chi connectivity index (χ1n) is 8.19. The van der Waals surface area contributed by atoms with Crippen LogP contribution in [0.2, 0.25) is 0 Å². The zero-order valence-corrected chi connectivity index (χ0v) is 16.1. The molecule has 132 valence electrons. The Morgan fingerprint density at radius 1 is 1.36 bits per heavy atom. The van der Waals surface area contributed by atoms with E-state index in [-0.39, 0.29) is 29.4 Å². The van der Waals surface area contributed by atoms with Crippen molar-refractivity contribution in [2.75, 3.05) is 16.8 Å². The molecule has 1 amide bonds. The Labute approximate surface area is 154 Å². The minimum Gasteiger partial charge on any atom is -0.311 e. The number of carbonyl (C=O) groups is 1. The largest absolute Gasteiger partial charge is 0.311 e. The van der Waals surface area contributed by atoms with E-state index in [0.29, 0.717) is 18.7 Å². The summed E-state index contributed by atoms with van der Waals surface area (Å²) in [6, 6.07) is 7.72. The van der Waals surface area contributed by atoms with E-state index < -0.39 is 9.84 Å². The number of aromatic nitrogens is 2. The number of carbonyl (C=O) groups excluding carboxylic acids is 1. The maximum absolute atomic E-state index is 12.3. The van der Waals surface area contributed by atoms with Crippen molar-refractivity contribution in [3.05, 3.63) is 45.6 Å². The van der Waals surface area contributed by atoms with Gasteiger partial charge in [-0.25, -0.2) is 13.1 Å². The highest BCUT2D eigenvalue weighted by Gasteiger charge is 2.37. The highest BCUT2D eigenvalue weighted by Crippen LogP contribution is 2.41. The summed E-state index contributed by atoms with van der Waals surface area (Å²) in [5.41, 5.74) is 2.87. The first-order chi connectivity index (χ1) is 11.8. The van der Waals surface area contributed by atoms with Crippen LogP contribution in [-0.2, 0) is 14.6 Å². The van der Waals surface area contributed by atoms with Crippen LogP contribution in [-0.4, -0.2) is 35.6 Å². The number of aryl methyl sites for hydroxylation is 1. The molecule has 4 rings (SSSR count). The lowest BCUT2D eigenvalue weighted by Crippen LogP contribution is -2.26. The SMILES string of the molecule is Cc1nn([C@@H]2CCS(=O)(=O)C2)c2c1[C@H](c1cccc(Br)c1)CC(=O)N2. The first-order valence-corrected chi connectivity index (χ1v) is 10.8. The number of halogens is 1. The van der Waals surface area contributed by atoms with Crippen LogP contribution < -0.4 is 5.32 Å². The summed E-state index contributed by atoms with van der Waals surface area (Å²) in [4.78, 5) is 12.3. The monoisotopic (exact) mass is 423 g/mol. The number of hydrogen-bond donors (Lipinski definition) is 1. The summed E-state index contributed by atoms with van der Waals surface area (Å²) in [7, 11) is -3.03. The van der Waals surface area contributed by atoms with E-state index in [1.165, 1.54) is 0 Å². The molecular formula is C17H18BrN3O3S. The fraction of sp³-hybridized carbons (Fsp3) is 0.412. The van der Waals surface area contributed by atoms with E-state index in [1.807, 2.05) is 31.2 Å². The Hall–Kier alpha value is -1.67. The van der Waals surface area contributed by atoms with Gasteiger partial charge in [-0.2, -0.15) is 5.10 Å².